The molecule has 1 aromatic carbocycles. The van der Waals surface area contributed by atoms with Gasteiger partial charge < -0.3 is 0 Å². The molecule has 0 spiro atoms. The monoisotopic (exact) mass is 249 g/mol. The van der Waals surface area contributed by atoms with E-state index in [4.69, 9.17) is 11.6 Å². The highest BCUT2D eigenvalue weighted by molar-refractivity contribution is 6.66. The molecule has 0 unspecified atom stereocenters. The third-order valence-corrected chi connectivity index (χ3v) is 3.99. The zero-order valence-electron chi connectivity index (χ0n) is 10.7. The highest BCUT2D eigenvalue weighted by Gasteiger charge is 2.18. The van der Waals surface area contributed by atoms with Crippen molar-refractivity contribution in [1.82, 2.24) is 0 Å². The number of aryl methyl sites for hydroxylation is 2. The first-order valence-electron chi connectivity index (χ1n) is 6.49. The average molecular weight is 250 g/mol. The molecule has 17 heavy (non-hydrogen) atoms. The zero-order chi connectivity index (χ0) is 12.3. The van der Waals surface area contributed by atoms with Crippen LogP contribution < -0.4 is 0 Å². The van der Waals surface area contributed by atoms with Crippen molar-refractivity contribution in [1.29, 1.82) is 0 Å². The second kappa shape index (κ2) is 5.68. The molecule has 92 valence electrons. The largest absolute Gasteiger partial charge is 0.240 e. The van der Waals surface area contributed by atoms with Gasteiger partial charge >= 0.3 is 0 Å². The fourth-order valence-electron chi connectivity index (χ4n) is 2.52. The molecule has 1 nitrogen and oxygen atoms in total. The van der Waals surface area contributed by atoms with Crippen molar-refractivity contribution in [3.63, 3.8) is 0 Å². The fraction of sp³-hybridized carbons (Fsp3) is 0.533. The van der Waals surface area contributed by atoms with E-state index in [0.717, 1.165) is 10.9 Å². The van der Waals surface area contributed by atoms with E-state index >= 15 is 0 Å². The molecule has 1 saturated carbocycles. The van der Waals surface area contributed by atoms with Gasteiger partial charge in [0.2, 0.25) is 0 Å². The van der Waals surface area contributed by atoms with E-state index in [2.05, 4.69) is 37.0 Å². The Labute approximate surface area is 109 Å². The predicted molar refractivity (Wildman–Crippen MR) is 75.4 cm³/mol. The summed E-state index contributed by atoms with van der Waals surface area (Å²) in [5.74, 6) is 0.490. The maximum Gasteiger partial charge on any atom is 0.110 e. The van der Waals surface area contributed by atoms with E-state index in [1.165, 1.54) is 43.2 Å². The van der Waals surface area contributed by atoms with E-state index in [-0.39, 0.29) is 0 Å². The SMILES string of the molecule is Cc1cccc(C)c1N=C(Cl)C1CCCCC1. The van der Waals surface area contributed by atoms with Crippen molar-refractivity contribution >= 4 is 22.5 Å². The summed E-state index contributed by atoms with van der Waals surface area (Å²) >= 11 is 6.39. The first-order valence-corrected chi connectivity index (χ1v) is 6.86. The van der Waals surface area contributed by atoms with Gasteiger partial charge in [0, 0.05) is 5.92 Å². The van der Waals surface area contributed by atoms with Gasteiger partial charge in [0.25, 0.3) is 0 Å². The van der Waals surface area contributed by atoms with Crippen molar-refractivity contribution in [3.05, 3.63) is 29.3 Å². The number of aliphatic imine (C=N–C) groups is 1. The summed E-state index contributed by atoms with van der Waals surface area (Å²) < 4.78 is 0. The second-order valence-corrected chi connectivity index (χ2v) is 5.40. The molecule has 0 N–H and O–H groups in total. The number of para-hydroxylation sites is 1. The highest BCUT2D eigenvalue weighted by atomic mass is 35.5. The minimum Gasteiger partial charge on any atom is -0.240 e. The lowest BCUT2D eigenvalue weighted by Crippen LogP contribution is -2.12. The quantitative estimate of drug-likeness (QED) is 0.643. The van der Waals surface area contributed by atoms with Crippen LogP contribution in [0, 0.1) is 19.8 Å². The number of benzene rings is 1. The first-order chi connectivity index (χ1) is 8.18. The van der Waals surface area contributed by atoms with Gasteiger partial charge in [-0.2, -0.15) is 0 Å². The highest BCUT2D eigenvalue weighted by Crippen LogP contribution is 2.30. The third kappa shape index (κ3) is 3.10. The molecule has 0 aliphatic heterocycles. The van der Waals surface area contributed by atoms with E-state index in [9.17, 15) is 0 Å². The van der Waals surface area contributed by atoms with Crippen molar-refractivity contribution < 1.29 is 0 Å². The van der Waals surface area contributed by atoms with Crippen molar-refractivity contribution in [3.8, 4) is 0 Å². The zero-order valence-corrected chi connectivity index (χ0v) is 11.4. The Morgan fingerprint density at radius 1 is 1.12 bits per heavy atom. The lowest BCUT2D eigenvalue weighted by atomic mass is 9.90. The summed E-state index contributed by atoms with van der Waals surface area (Å²) in [5.41, 5.74) is 3.47. The number of nitrogens with zero attached hydrogens (tertiary/aromatic N) is 1. The van der Waals surface area contributed by atoms with Crippen LogP contribution >= 0.6 is 11.6 Å². The smallest absolute Gasteiger partial charge is 0.110 e. The van der Waals surface area contributed by atoms with Crippen LogP contribution in [0.3, 0.4) is 0 Å². The van der Waals surface area contributed by atoms with Gasteiger partial charge in [-0.3, -0.25) is 0 Å². The van der Waals surface area contributed by atoms with Gasteiger partial charge in [0.05, 0.1) is 5.69 Å². The fourth-order valence-corrected chi connectivity index (χ4v) is 2.82. The molecule has 0 saturated heterocycles. The molecule has 1 fully saturated rings. The molecule has 2 rings (SSSR count). The summed E-state index contributed by atoms with van der Waals surface area (Å²) in [6.45, 7) is 4.19. The van der Waals surface area contributed by atoms with Crippen LogP contribution in [0.5, 0.6) is 0 Å². The summed E-state index contributed by atoms with van der Waals surface area (Å²) in [6, 6.07) is 6.26. The van der Waals surface area contributed by atoms with Crippen molar-refractivity contribution in [2.24, 2.45) is 10.9 Å². The van der Waals surface area contributed by atoms with Crippen LogP contribution in [0.4, 0.5) is 5.69 Å². The molecule has 0 radical (unpaired) electrons. The molecular weight excluding hydrogens is 230 g/mol. The standard InChI is InChI=1S/C15H20ClN/c1-11-7-6-8-12(2)14(11)17-15(16)13-9-4-3-5-10-13/h6-8,13H,3-5,9-10H2,1-2H3. The third-order valence-electron chi connectivity index (χ3n) is 3.60. The minimum absolute atomic E-state index is 0.490. The van der Waals surface area contributed by atoms with Gasteiger partial charge in [0.1, 0.15) is 5.17 Å². The molecule has 0 amide bonds. The molecule has 1 aliphatic rings. The van der Waals surface area contributed by atoms with Crippen LogP contribution in [0.1, 0.15) is 43.2 Å². The number of halogens is 1. The van der Waals surface area contributed by atoms with Crippen LogP contribution in [-0.4, -0.2) is 5.17 Å². The van der Waals surface area contributed by atoms with E-state index in [1.807, 2.05) is 0 Å². The Morgan fingerprint density at radius 2 is 1.71 bits per heavy atom. The average Bonchev–Trinajstić information content (AvgIpc) is 2.35. The molecule has 1 aromatic rings. The maximum atomic E-state index is 6.39. The topological polar surface area (TPSA) is 12.4 Å². The second-order valence-electron chi connectivity index (χ2n) is 5.01. The van der Waals surface area contributed by atoms with Gasteiger partial charge in [-0.25, -0.2) is 4.99 Å². The molecule has 0 atom stereocenters. The van der Waals surface area contributed by atoms with Crippen LogP contribution in [0.15, 0.2) is 23.2 Å². The van der Waals surface area contributed by atoms with Crippen LogP contribution in [0.2, 0.25) is 0 Å². The Kier molecular flexibility index (Phi) is 4.22. The van der Waals surface area contributed by atoms with E-state index in [1.54, 1.807) is 0 Å². The van der Waals surface area contributed by atoms with Crippen molar-refractivity contribution in [2.45, 2.75) is 46.0 Å². The Bertz CT molecular complexity index is 397. The lowest BCUT2D eigenvalue weighted by molar-refractivity contribution is 0.443. The van der Waals surface area contributed by atoms with Gasteiger partial charge in [-0.05, 0) is 37.8 Å². The Balaban J connectivity index is 2.22. The summed E-state index contributed by atoms with van der Waals surface area (Å²) in [4.78, 5) is 4.66. The maximum absolute atomic E-state index is 6.39. The summed E-state index contributed by atoms with van der Waals surface area (Å²) in [5, 5.41) is 0.808. The minimum atomic E-state index is 0.490. The number of hydrogen-bond acceptors (Lipinski definition) is 1. The Morgan fingerprint density at radius 3 is 2.29 bits per heavy atom. The normalized spacial score (nSPS) is 18.4. The molecule has 0 heterocycles. The molecule has 1 aliphatic carbocycles. The van der Waals surface area contributed by atoms with E-state index in [0.29, 0.717) is 5.92 Å². The molecule has 0 aromatic heterocycles. The first kappa shape index (κ1) is 12.6. The van der Waals surface area contributed by atoms with Gasteiger partial charge in [-0.15, -0.1) is 0 Å². The van der Waals surface area contributed by atoms with Gasteiger partial charge in [0.15, 0.2) is 0 Å². The van der Waals surface area contributed by atoms with Gasteiger partial charge in [-0.1, -0.05) is 49.1 Å². The predicted octanol–water partition coefficient (Wildman–Crippen LogP) is 5.15. The molecule has 2 heteroatoms. The lowest BCUT2D eigenvalue weighted by Gasteiger charge is -2.20. The van der Waals surface area contributed by atoms with E-state index < -0.39 is 0 Å². The Hall–Kier alpha value is -0.820. The number of rotatable bonds is 2. The van der Waals surface area contributed by atoms with Crippen LogP contribution in [0.25, 0.3) is 0 Å². The summed E-state index contributed by atoms with van der Waals surface area (Å²) in [7, 11) is 0. The summed E-state index contributed by atoms with van der Waals surface area (Å²) in [6.07, 6.45) is 6.34. The molecular formula is C15H20ClN. The van der Waals surface area contributed by atoms with Crippen LogP contribution in [-0.2, 0) is 0 Å². The molecule has 0 bridgehead atoms. The number of hydrogen-bond donors (Lipinski definition) is 0. The van der Waals surface area contributed by atoms with Crippen molar-refractivity contribution in [2.75, 3.05) is 0 Å².